The van der Waals surface area contributed by atoms with Gasteiger partial charge in [-0.3, -0.25) is 4.79 Å². The summed E-state index contributed by atoms with van der Waals surface area (Å²) >= 11 is 0. The summed E-state index contributed by atoms with van der Waals surface area (Å²) in [6.07, 6.45) is 1.93. The third-order valence-corrected chi connectivity index (χ3v) is 1.76. The molecule has 72 valence electrons. The van der Waals surface area contributed by atoms with E-state index >= 15 is 0 Å². The fraction of sp³-hybridized carbons (Fsp3) is 0.833. The minimum absolute atomic E-state index is 0.000000000000000222. The Kier molecular flexibility index (Phi) is 7.27. The second-order valence-corrected chi connectivity index (χ2v) is 14.4. The van der Waals surface area contributed by atoms with Gasteiger partial charge in [0.25, 0.3) is 0 Å². The molecule has 12 heavy (non-hydrogen) atoms. The smallest absolute Gasteiger partial charge is 0.306 e. The first-order chi connectivity index (χ1) is 5.49. The Hall–Kier alpha value is 1.19. The third-order valence-electron chi connectivity index (χ3n) is 1.76. The summed E-state index contributed by atoms with van der Waals surface area (Å²) in [4.78, 5) is 10.1. The van der Waals surface area contributed by atoms with E-state index in [1.54, 1.807) is 0 Å². The zero-order valence-corrected chi connectivity index (χ0v) is 11.5. The summed E-state index contributed by atoms with van der Waals surface area (Å²) in [5.41, 5.74) is 0. The Labute approximate surface area is 81.7 Å². The van der Waals surface area contributed by atoms with Crippen LogP contribution >= 0.6 is 33.8 Å². The lowest BCUT2D eigenvalue weighted by Gasteiger charge is -1.84. The summed E-state index contributed by atoms with van der Waals surface area (Å²) < 4.78 is 0. The molecule has 6 heteroatoms. The van der Waals surface area contributed by atoms with Gasteiger partial charge in [-0.15, -0.1) is 26.8 Å². The molecule has 0 bridgehead atoms. The van der Waals surface area contributed by atoms with Gasteiger partial charge in [0, 0.05) is 0 Å². The molecule has 1 fully saturated rings. The lowest BCUT2D eigenvalue weighted by atomic mass is 10.3. The first-order valence-electron chi connectivity index (χ1n) is 3.76. The Balaban J connectivity index is 0.000000261. The Bertz CT molecular complexity index is 148. The van der Waals surface area contributed by atoms with Crippen molar-refractivity contribution < 1.29 is 9.90 Å². The molecule has 0 amide bonds. The van der Waals surface area contributed by atoms with Crippen molar-refractivity contribution in [2.45, 2.75) is 19.8 Å². The van der Waals surface area contributed by atoms with Gasteiger partial charge >= 0.3 is 5.97 Å². The molecule has 3 unspecified atom stereocenters. The number of carboxylic acids is 1. The molecule has 0 aromatic carbocycles. The maximum atomic E-state index is 10.1. The van der Waals surface area contributed by atoms with E-state index in [-0.39, 0.29) is 12.9 Å². The van der Waals surface area contributed by atoms with Crippen molar-refractivity contribution >= 4 is 39.7 Å². The molecule has 2 nitrogen and oxygen atoms in total. The van der Waals surface area contributed by atoms with E-state index in [0.29, 0.717) is 5.92 Å². The van der Waals surface area contributed by atoms with Gasteiger partial charge in [-0.05, 0) is 19.3 Å². The molecule has 1 rings (SSSR count). The molecule has 1 aliphatic carbocycles. The zero-order valence-electron chi connectivity index (χ0n) is 7.10. The molecule has 0 aliphatic heterocycles. The number of hydrogen-bond acceptors (Lipinski definition) is 1. The van der Waals surface area contributed by atoms with E-state index in [1.165, 1.54) is 0 Å². The first-order valence-corrected chi connectivity index (χ1v) is 9.95. The normalized spacial score (nSPS) is 26.1. The van der Waals surface area contributed by atoms with E-state index in [1.807, 2.05) is 6.92 Å². The summed E-state index contributed by atoms with van der Waals surface area (Å²) in [5.74, 6) is -0.121. The van der Waals surface area contributed by atoms with Crippen molar-refractivity contribution in [1.29, 1.82) is 0 Å². The molecule has 0 heterocycles. The molecule has 1 aliphatic rings. The third kappa shape index (κ3) is 6.68. The van der Waals surface area contributed by atoms with Crippen LogP contribution in [-0.4, -0.2) is 11.1 Å². The van der Waals surface area contributed by atoms with Gasteiger partial charge in [-0.2, -0.15) is 0 Å². The van der Waals surface area contributed by atoms with E-state index < -0.39 is 5.97 Å². The van der Waals surface area contributed by atoms with Crippen LogP contribution in [0.2, 0.25) is 0 Å². The monoisotopic (exact) mass is 244 g/mol. The van der Waals surface area contributed by atoms with Crippen molar-refractivity contribution in [2.75, 3.05) is 0 Å². The van der Waals surface area contributed by atoms with Crippen LogP contribution in [0.4, 0.5) is 0 Å². The second kappa shape index (κ2) is 6.62. The average molecular weight is 244 g/mol. The van der Waals surface area contributed by atoms with Crippen LogP contribution in [0.15, 0.2) is 0 Å². The van der Waals surface area contributed by atoms with Crippen LogP contribution < -0.4 is 0 Å². The predicted octanol–water partition coefficient (Wildman–Crippen LogP) is 2.96. The van der Waals surface area contributed by atoms with Gasteiger partial charge in [0.2, 0.25) is 0 Å². The zero-order chi connectivity index (χ0) is 9.72. The van der Waals surface area contributed by atoms with Crippen LogP contribution in [0.25, 0.3) is 0 Å². The molecule has 0 aromatic heterocycles. The molecule has 0 spiro atoms. The molecule has 0 radical (unpaired) electrons. The van der Waals surface area contributed by atoms with Crippen molar-refractivity contribution in [3.8, 4) is 0 Å². The number of carboxylic acid groups (broad SMARTS) is 1. The highest BCUT2D eigenvalue weighted by Gasteiger charge is 2.41. The van der Waals surface area contributed by atoms with Crippen LogP contribution in [0.1, 0.15) is 19.8 Å². The van der Waals surface area contributed by atoms with Crippen LogP contribution in [-0.2, 0) is 4.79 Å². The van der Waals surface area contributed by atoms with E-state index in [0.717, 1.165) is 12.8 Å². The topological polar surface area (TPSA) is 37.3 Å². The van der Waals surface area contributed by atoms with E-state index in [9.17, 15) is 4.79 Å². The van der Waals surface area contributed by atoms with Gasteiger partial charge in [-0.1, -0.05) is 13.3 Å². The van der Waals surface area contributed by atoms with Gasteiger partial charge < -0.3 is 5.11 Å². The lowest BCUT2D eigenvalue weighted by Crippen LogP contribution is -1.98. The molecule has 1 saturated carbocycles. The average Bonchev–Trinajstić information content (AvgIpc) is 2.63. The van der Waals surface area contributed by atoms with Gasteiger partial charge in [-0.25, -0.2) is 0 Å². The van der Waals surface area contributed by atoms with Crippen LogP contribution in [0, 0.1) is 11.8 Å². The van der Waals surface area contributed by atoms with E-state index in [4.69, 9.17) is 5.11 Å². The van der Waals surface area contributed by atoms with Crippen LogP contribution in [0.5, 0.6) is 0 Å². The SMILES string of the molecule is CC[C@@H]1C[C@H]1C(=O)O.PP(P)P. The fourth-order valence-corrected chi connectivity index (χ4v) is 1.00. The minimum atomic E-state index is -0.614. The van der Waals surface area contributed by atoms with E-state index in [2.05, 4.69) is 26.8 Å². The molecular formula is C6H16O2P4. The minimum Gasteiger partial charge on any atom is -0.481 e. The maximum absolute atomic E-state index is 10.1. The maximum Gasteiger partial charge on any atom is 0.306 e. The first kappa shape index (κ1) is 13.2. The summed E-state index contributed by atoms with van der Waals surface area (Å²) in [6.45, 7) is 2.16. The quantitative estimate of drug-likeness (QED) is 0.758. The largest absolute Gasteiger partial charge is 0.481 e. The summed E-state index contributed by atoms with van der Waals surface area (Å²) in [6, 6.07) is 0. The Morgan fingerprint density at radius 1 is 1.58 bits per heavy atom. The van der Waals surface area contributed by atoms with Crippen LogP contribution in [0.3, 0.4) is 0 Å². The summed E-state index contributed by atoms with van der Waals surface area (Å²) in [5, 5.41) is 8.35. The van der Waals surface area contributed by atoms with Crippen molar-refractivity contribution in [2.24, 2.45) is 11.8 Å². The standard InChI is InChI=1S/C6H10O2.H6P4/c1-2-4-3-5(4)6(7)8;1-4(2)3/h4-5H,2-3H2,1H3,(H,7,8);1-3H2/t4-,5-;/m1./s1. The summed E-state index contributed by atoms with van der Waals surface area (Å²) in [7, 11) is 7.94. The molecule has 0 saturated heterocycles. The lowest BCUT2D eigenvalue weighted by molar-refractivity contribution is -0.138. The number of aliphatic carboxylic acids is 1. The number of hydrogen-bond donors (Lipinski definition) is 1. The van der Waals surface area contributed by atoms with Crippen molar-refractivity contribution in [1.82, 2.24) is 0 Å². The fourth-order valence-electron chi connectivity index (χ4n) is 1.00. The van der Waals surface area contributed by atoms with Gasteiger partial charge in [0.1, 0.15) is 0 Å². The predicted molar refractivity (Wildman–Crippen MR) is 65.6 cm³/mol. The van der Waals surface area contributed by atoms with Crippen molar-refractivity contribution in [3.05, 3.63) is 0 Å². The number of carbonyl (C=O) groups is 1. The number of rotatable bonds is 2. The second-order valence-electron chi connectivity index (χ2n) is 2.80. The molecule has 5 atom stereocenters. The molecular weight excluding hydrogens is 228 g/mol. The molecule has 0 aromatic rings. The van der Waals surface area contributed by atoms with Gasteiger partial charge in [0.15, 0.2) is 0 Å². The highest BCUT2D eigenvalue weighted by molar-refractivity contribution is 8.65. The highest BCUT2D eigenvalue weighted by Crippen LogP contribution is 2.59. The Morgan fingerprint density at radius 3 is 2.08 bits per heavy atom. The Morgan fingerprint density at radius 2 is 2.00 bits per heavy atom. The van der Waals surface area contributed by atoms with Gasteiger partial charge in [0.05, 0.1) is 5.92 Å². The highest BCUT2D eigenvalue weighted by atomic mass is 32.7. The van der Waals surface area contributed by atoms with Crippen molar-refractivity contribution in [3.63, 3.8) is 0 Å². The molecule has 1 N–H and O–H groups in total.